The highest BCUT2D eigenvalue weighted by atomic mass is 16.6. The molecule has 0 aliphatic carbocycles. The average Bonchev–Trinajstić information content (AvgIpc) is 2.75. The highest BCUT2D eigenvalue weighted by molar-refractivity contribution is 5.89. The van der Waals surface area contributed by atoms with E-state index in [0.29, 0.717) is 5.56 Å². The highest BCUT2D eigenvalue weighted by Crippen LogP contribution is 2.20. The smallest absolute Gasteiger partial charge is 0.340 e. The molecule has 0 atom stereocenters. The second-order valence-corrected chi connectivity index (χ2v) is 5.86. The van der Waals surface area contributed by atoms with Gasteiger partial charge in [0, 0.05) is 12.4 Å². The van der Waals surface area contributed by atoms with Gasteiger partial charge in [-0.25, -0.2) is 9.59 Å². The molecule has 106 valence electrons. The standard InChI is InChI=1S/C14H21NO4/c1-13(2,3)19-11(16)10-7-8-15(9-10)14(4,5)12(17)18-6/h7-9H,1-6H3. The Bertz CT molecular complexity index is 480. The van der Waals surface area contributed by atoms with Gasteiger partial charge in [0.2, 0.25) is 0 Å². The van der Waals surface area contributed by atoms with Crippen LogP contribution in [0.3, 0.4) is 0 Å². The third-order valence-electron chi connectivity index (χ3n) is 2.66. The maximum absolute atomic E-state index is 11.9. The van der Waals surface area contributed by atoms with Crippen molar-refractivity contribution in [1.29, 1.82) is 0 Å². The molecule has 0 radical (unpaired) electrons. The highest BCUT2D eigenvalue weighted by Gasteiger charge is 2.31. The largest absolute Gasteiger partial charge is 0.467 e. The van der Waals surface area contributed by atoms with Crippen LogP contribution < -0.4 is 0 Å². The van der Waals surface area contributed by atoms with Gasteiger partial charge in [0.15, 0.2) is 0 Å². The first kappa shape index (κ1) is 15.3. The second kappa shape index (κ2) is 5.07. The Kier molecular flexibility index (Phi) is 4.08. The molecule has 0 saturated heterocycles. The lowest BCUT2D eigenvalue weighted by Gasteiger charge is -2.23. The fourth-order valence-corrected chi connectivity index (χ4v) is 1.56. The zero-order valence-electron chi connectivity index (χ0n) is 12.3. The van der Waals surface area contributed by atoms with E-state index >= 15 is 0 Å². The van der Waals surface area contributed by atoms with E-state index in [1.54, 1.807) is 57.6 Å². The van der Waals surface area contributed by atoms with E-state index in [1.807, 2.05) is 0 Å². The summed E-state index contributed by atoms with van der Waals surface area (Å²) in [6.45, 7) is 8.86. The number of hydrogen-bond acceptors (Lipinski definition) is 4. The van der Waals surface area contributed by atoms with E-state index in [0.717, 1.165) is 0 Å². The minimum absolute atomic E-state index is 0.376. The SMILES string of the molecule is COC(=O)C(C)(C)n1ccc(C(=O)OC(C)(C)C)c1. The molecule has 0 fully saturated rings. The number of ether oxygens (including phenoxy) is 2. The lowest BCUT2D eigenvalue weighted by molar-refractivity contribution is -0.149. The van der Waals surface area contributed by atoms with Gasteiger partial charge in [0.25, 0.3) is 0 Å². The number of hydrogen-bond donors (Lipinski definition) is 0. The summed E-state index contributed by atoms with van der Waals surface area (Å²) < 4.78 is 11.6. The van der Waals surface area contributed by atoms with Crippen molar-refractivity contribution >= 4 is 11.9 Å². The van der Waals surface area contributed by atoms with Gasteiger partial charge in [0.1, 0.15) is 11.1 Å². The Hall–Kier alpha value is -1.78. The number of nitrogens with zero attached hydrogens (tertiary/aromatic N) is 1. The molecule has 0 unspecified atom stereocenters. The number of methoxy groups -OCH3 is 1. The predicted molar refractivity (Wildman–Crippen MR) is 70.9 cm³/mol. The molecule has 0 aliphatic heterocycles. The number of carbonyl (C=O) groups is 2. The third kappa shape index (κ3) is 3.59. The molecule has 0 aromatic carbocycles. The second-order valence-electron chi connectivity index (χ2n) is 5.86. The number of aromatic nitrogens is 1. The van der Waals surface area contributed by atoms with E-state index in [9.17, 15) is 9.59 Å². The van der Waals surface area contributed by atoms with Gasteiger partial charge >= 0.3 is 11.9 Å². The maximum atomic E-state index is 11.9. The van der Waals surface area contributed by atoms with Crippen molar-refractivity contribution in [2.75, 3.05) is 7.11 Å². The van der Waals surface area contributed by atoms with Crippen LogP contribution in [0, 0.1) is 0 Å². The molecule has 0 aliphatic rings. The first-order valence-electron chi connectivity index (χ1n) is 6.08. The van der Waals surface area contributed by atoms with Crippen molar-refractivity contribution in [1.82, 2.24) is 4.57 Å². The summed E-state index contributed by atoms with van der Waals surface area (Å²) in [6, 6.07) is 1.62. The molecule has 0 saturated carbocycles. The lowest BCUT2D eigenvalue weighted by Crippen LogP contribution is -2.36. The molecular weight excluding hydrogens is 246 g/mol. The van der Waals surface area contributed by atoms with Gasteiger partial charge in [-0.05, 0) is 40.7 Å². The number of rotatable bonds is 3. The zero-order chi connectivity index (χ0) is 14.8. The monoisotopic (exact) mass is 267 g/mol. The van der Waals surface area contributed by atoms with E-state index in [2.05, 4.69) is 0 Å². The molecule has 0 spiro atoms. The quantitative estimate of drug-likeness (QED) is 0.789. The molecule has 1 aromatic heterocycles. The van der Waals surface area contributed by atoms with Gasteiger partial charge in [-0.3, -0.25) is 0 Å². The summed E-state index contributed by atoms with van der Waals surface area (Å²) in [4.78, 5) is 23.6. The van der Waals surface area contributed by atoms with Gasteiger partial charge in [-0.1, -0.05) is 0 Å². The topological polar surface area (TPSA) is 57.5 Å². The Morgan fingerprint density at radius 1 is 1.16 bits per heavy atom. The first-order valence-corrected chi connectivity index (χ1v) is 6.08. The molecule has 1 rings (SSSR count). The molecule has 0 bridgehead atoms. The van der Waals surface area contributed by atoms with Crippen molar-refractivity contribution in [2.24, 2.45) is 0 Å². The molecule has 5 heteroatoms. The Morgan fingerprint density at radius 2 is 1.74 bits per heavy atom. The molecule has 1 heterocycles. The summed E-state index contributed by atoms with van der Waals surface area (Å²) in [5.41, 5.74) is -1.00. The van der Waals surface area contributed by atoms with E-state index in [4.69, 9.17) is 9.47 Å². The zero-order valence-corrected chi connectivity index (χ0v) is 12.3. The van der Waals surface area contributed by atoms with Crippen LogP contribution in [0.15, 0.2) is 18.5 Å². The summed E-state index contributed by atoms with van der Waals surface area (Å²) in [7, 11) is 1.34. The lowest BCUT2D eigenvalue weighted by atomic mass is 10.1. The number of esters is 2. The van der Waals surface area contributed by atoms with Crippen LogP contribution in [0.1, 0.15) is 45.0 Å². The molecule has 0 N–H and O–H groups in total. The van der Waals surface area contributed by atoms with E-state index in [-0.39, 0.29) is 5.97 Å². The Labute approximate surface area is 113 Å². The maximum Gasteiger partial charge on any atom is 0.340 e. The van der Waals surface area contributed by atoms with Gasteiger partial charge < -0.3 is 14.0 Å². The van der Waals surface area contributed by atoms with Crippen LogP contribution >= 0.6 is 0 Å². The molecule has 1 aromatic rings. The first-order chi connectivity index (χ1) is 8.58. The summed E-state index contributed by atoms with van der Waals surface area (Å²) in [5.74, 6) is -0.786. The normalized spacial score (nSPS) is 12.1. The van der Waals surface area contributed by atoms with Crippen molar-refractivity contribution in [2.45, 2.75) is 45.8 Å². The van der Waals surface area contributed by atoms with E-state index < -0.39 is 17.1 Å². The predicted octanol–water partition coefficient (Wildman–Crippen LogP) is 2.35. The Morgan fingerprint density at radius 3 is 2.21 bits per heavy atom. The summed E-state index contributed by atoms with van der Waals surface area (Å²) in [5, 5.41) is 0. The van der Waals surface area contributed by atoms with Crippen LogP contribution in [0.25, 0.3) is 0 Å². The van der Waals surface area contributed by atoms with Crippen LogP contribution in [0.4, 0.5) is 0 Å². The average molecular weight is 267 g/mol. The van der Waals surface area contributed by atoms with Crippen molar-refractivity contribution in [3.05, 3.63) is 24.0 Å². The van der Waals surface area contributed by atoms with Crippen LogP contribution in [0.2, 0.25) is 0 Å². The minimum atomic E-state index is -0.866. The molecular formula is C14H21NO4. The van der Waals surface area contributed by atoms with E-state index in [1.165, 1.54) is 7.11 Å². The van der Waals surface area contributed by atoms with Crippen LogP contribution in [0.5, 0.6) is 0 Å². The molecule has 0 amide bonds. The summed E-state index contributed by atoms with van der Waals surface area (Å²) >= 11 is 0. The Balaban J connectivity index is 2.95. The molecule has 5 nitrogen and oxygen atoms in total. The van der Waals surface area contributed by atoms with Crippen molar-refractivity contribution in [3.63, 3.8) is 0 Å². The van der Waals surface area contributed by atoms with Gasteiger partial charge in [0.05, 0.1) is 12.7 Å². The van der Waals surface area contributed by atoms with Crippen LogP contribution in [-0.4, -0.2) is 29.2 Å². The number of carbonyl (C=O) groups excluding carboxylic acids is 2. The minimum Gasteiger partial charge on any atom is -0.467 e. The third-order valence-corrected chi connectivity index (χ3v) is 2.66. The van der Waals surface area contributed by atoms with Gasteiger partial charge in [-0.2, -0.15) is 0 Å². The fourth-order valence-electron chi connectivity index (χ4n) is 1.56. The van der Waals surface area contributed by atoms with Gasteiger partial charge in [-0.15, -0.1) is 0 Å². The summed E-state index contributed by atoms with van der Waals surface area (Å²) in [6.07, 6.45) is 3.25. The van der Waals surface area contributed by atoms with Crippen molar-refractivity contribution < 1.29 is 19.1 Å². The molecule has 19 heavy (non-hydrogen) atoms. The fraction of sp³-hybridized carbons (Fsp3) is 0.571. The van der Waals surface area contributed by atoms with Crippen LogP contribution in [-0.2, 0) is 19.8 Å². The van der Waals surface area contributed by atoms with Crippen molar-refractivity contribution in [3.8, 4) is 0 Å².